The second-order valence-electron chi connectivity index (χ2n) is 3.08. The summed E-state index contributed by atoms with van der Waals surface area (Å²) in [6.07, 6.45) is 0. The molecule has 0 radical (unpaired) electrons. The van der Waals surface area contributed by atoms with E-state index in [1.54, 1.807) is 0 Å². The monoisotopic (exact) mass is 282 g/mol. The Morgan fingerprint density at radius 1 is 0.895 bits per heavy atom. The largest absolute Gasteiger partial charge is 0.480 e. The van der Waals surface area contributed by atoms with Crippen LogP contribution in [-0.2, 0) is 14.4 Å². The smallest absolute Gasteiger partial charge is 0.332 e. The SMILES string of the molecule is O=C(O)CNCCNC(C(=O)O)C(=O)O.OCCO. The van der Waals surface area contributed by atoms with Gasteiger partial charge in [-0.2, -0.15) is 0 Å². The van der Waals surface area contributed by atoms with E-state index >= 15 is 0 Å². The molecule has 0 aromatic heterocycles. The summed E-state index contributed by atoms with van der Waals surface area (Å²) in [4.78, 5) is 30.8. The average molecular weight is 282 g/mol. The molecule has 0 saturated heterocycles. The van der Waals surface area contributed by atoms with Crippen LogP contribution in [0.5, 0.6) is 0 Å². The number of carboxylic acid groups (broad SMARTS) is 3. The number of rotatable bonds is 9. The minimum atomic E-state index is -1.67. The van der Waals surface area contributed by atoms with Gasteiger partial charge in [0, 0.05) is 13.1 Å². The quantitative estimate of drug-likeness (QED) is 0.168. The summed E-state index contributed by atoms with van der Waals surface area (Å²) in [5.74, 6) is -4.01. The molecule has 0 spiro atoms. The van der Waals surface area contributed by atoms with Crippen molar-refractivity contribution in [1.82, 2.24) is 10.6 Å². The summed E-state index contributed by atoms with van der Waals surface area (Å²) in [5, 5.41) is 45.0. The Bertz CT molecular complexity index is 267. The van der Waals surface area contributed by atoms with Gasteiger partial charge in [-0.25, -0.2) is 9.59 Å². The van der Waals surface area contributed by atoms with Crippen LogP contribution in [0.1, 0.15) is 0 Å². The third-order valence-corrected chi connectivity index (χ3v) is 1.52. The topological polar surface area (TPSA) is 176 Å². The molecule has 0 aliphatic rings. The van der Waals surface area contributed by atoms with Gasteiger partial charge in [-0.1, -0.05) is 0 Å². The van der Waals surface area contributed by atoms with E-state index in [2.05, 4.69) is 10.6 Å². The van der Waals surface area contributed by atoms with E-state index in [1.165, 1.54) is 0 Å². The molecule has 0 atom stereocenters. The number of aliphatic hydroxyl groups excluding tert-OH is 2. The van der Waals surface area contributed by atoms with Crippen molar-refractivity contribution in [3.63, 3.8) is 0 Å². The van der Waals surface area contributed by atoms with E-state index in [9.17, 15) is 14.4 Å². The minimum absolute atomic E-state index is 0.0521. The van der Waals surface area contributed by atoms with Gasteiger partial charge >= 0.3 is 17.9 Å². The highest BCUT2D eigenvalue weighted by molar-refractivity contribution is 5.97. The standard InChI is InChI=1S/C7H12N2O6.C2H6O2/c10-4(11)3-8-1-2-9-5(6(12)13)7(14)15;3-1-2-4/h5,8-9H,1-3H2,(H,10,11)(H,12,13)(H,14,15);3-4H,1-2H2. The fourth-order valence-corrected chi connectivity index (χ4v) is 0.780. The number of aliphatic hydroxyl groups is 2. The van der Waals surface area contributed by atoms with Gasteiger partial charge in [0.1, 0.15) is 0 Å². The Labute approximate surface area is 108 Å². The van der Waals surface area contributed by atoms with Crippen LogP contribution in [0.2, 0.25) is 0 Å². The Morgan fingerprint density at radius 2 is 1.37 bits per heavy atom. The second kappa shape index (κ2) is 12.7. The Morgan fingerprint density at radius 3 is 1.68 bits per heavy atom. The second-order valence-corrected chi connectivity index (χ2v) is 3.08. The molecule has 0 aliphatic carbocycles. The zero-order valence-corrected chi connectivity index (χ0v) is 10.1. The summed E-state index contributed by atoms with van der Waals surface area (Å²) >= 11 is 0. The van der Waals surface area contributed by atoms with Crippen molar-refractivity contribution >= 4 is 17.9 Å². The van der Waals surface area contributed by atoms with E-state index in [0.717, 1.165) is 0 Å². The van der Waals surface area contributed by atoms with Crippen LogP contribution in [-0.4, -0.2) is 82.3 Å². The van der Waals surface area contributed by atoms with E-state index in [0.29, 0.717) is 0 Å². The van der Waals surface area contributed by atoms with Gasteiger partial charge in [0.25, 0.3) is 0 Å². The molecule has 0 rings (SSSR count). The number of nitrogens with one attached hydrogen (secondary N) is 2. The molecule has 0 amide bonds. The van der Waals surface area contributed by atoms with Crippen LogP contribution in [0, 0.1) is 0 Å². The molecule has 0 aromatic rings. The van der Waals surface area contributed by atoms with Crippen molar-refractivity contribution in [2.24, 2.45) is 0 Å². The molecule has 0 aromatic carbocycles. The highest BCUT2D eigenvalue weighted by atomic mass is 16.4. The first-order chi connectivity index (χ1) is 8.86. The van der Waals surface area contributed by atoms with Gasteiger partial charge in [0.2, 0.25) is 6.04 Å². The molecule has 7 N–H and O–H groups in total. The summed E-state index contributed by atoms with van der Waals surface area (Å²) in [7, 11) is 0. The lowest BCUT2D eigenvalue weighted by molar-refractivity contribution is -0.151. The van der Waals surface area contributed by atoms with Crippen LogP contribution >= 0.6 is 0 Å². The molecule has 0 fully saturated rings. The van der Waals surface area contributed by atoms with Crippen molar-refractivity contribution in [1.29, 1.82) is 0 Å². The lowest BCUT2D eigenvalue weighted by atomic mass is 10.3. The highest BCUT2D eigenvalue weighted by Crippen LogP contribution is 1.83. The molecule has 112 valence electrons. The van der Waals surface area contributed by atoms with Gasteiger partial charge < -0.3 is 30.8 Å². The minimum Gasteiger partial charge on any atom is -0.480 e. The third kappa shape index (κ3) is 14.2. The van der Waals surface area contributed by atoms with Gasteiger partial charge in [-0.15, -0.1) is 0 Å². The normalized spacial score (nSPS) is 9.63. The first-order valence-electron chi connectivity index (χ1n) is 5.20. The van der Waals surface area contributed by atoms with E-state index in [-0.39, 0.29) is 32.8 Å². The Kier molecular flexibility index (Phi) is 13.1. The van der Waals surface area contributed by atoms with Gasteiger partial charge in [0.05, 0.1) is 19.8 Å². The molecule has 19 heavy (non-hydrogen) atoms. The van der Waals surface area contributed by atoms with Crippen LogP contribution in [0.4, 0.5) is 0 Å². The van der Waals surface area contributed by atoms with Crippen LogP contribution < -0.4 is 10.6 Å². The lowest BCUT2D eigenvalue weighted by Gasteiger charge is -2.09. The molecule has 0 saturated carbocycles. The molecule has 0 aliphatic heterocycles. The highest BCUT2D eigenvalue weighted by Gasteiger charge is 2.24. The lowest BCUT2D eigenvalue weighted by Crippen LogP contribution is -2.46. The molecule has 10 nitrogen and oxygen atoms in total. The zero-order valence-electron chi connectivity index (χ0n) is 10.1. The number of aliphatic carboxylic acids is 3. The fourth-order valence-electron chi connectivity index (χ4n) is 0.780. The number of carbonyl (C=O) groups is 3. The summed E-state index contributed by atoms with van der Waals surface area (Å²) in [5.41, 5.74) is 0. The average Bonchev–Trinajstić information content (AvgIpc) is 2.32. The molecule has 0 heterocycles. The first-order valence-corrected chi connectivity index (χ1v) is 5.20. The van der Waals surface area contributed by atoms with E-state index in [1.807, 2.05) is 0 Å². The number of carboxylic acids is 3. The van der Waals surface area contributed by atoms with Gasteiger partial charge in [-0.05, 0) is 0 Å². The van der Waals surface area contributed by atoms with Crippen molar-refractivity contribution < 1.29 is 39.9 Å². The maximum absolute atomic E-state index is 10.4. The summed E-state index contributed by atoms with van der Waals surface area (Å²) in [6, 6.07) is -1.67. The van der Waals surface area contributed by atoms with Crippen molar-refractivity contribution in [3.8, 4) is 0 Å². The maximum atomic E-state index is 10.4. The third-order valence-electron chi connectivity index (χ3n) is 1.52. The van der Waals surface area contributed by atoms with E-state index in [4.69, 9.17) is 25.5 Å². The summed E-state index contributed by atoms with van der Waals surface area (Å²) < 4.78 is 0. The predicted molar refractivity (Wildman–Crippen MR) is 61.7 cm³/mol. The fraction of sp³-hybridized carbons (Fsp3) is 0.667. The zero-order chi connectivity index (χ0) is 15.3. The van der Waals surface area contributed by atoms with Crippen LogP contribution in [0.3, 0.4) is 0 Å². The van der Waals surface area contributed by atoms with Crippen molar-refractivity contribution in [2.75, 3.05) is 32.8 Å². The van der Waals surface area contributed by atoms with E-state index < -0.39 is 23.9 Å². The first kappa shape index (κ1) is 19.6. The molecular weight excluding hydrogens is 264 g/mol. The molecule has 10 heteroatoms. The molecular formula is C9H18N2O8. The van der Waals surface area contributed by atoms with Gasteiger partial charge in [-0.3, -0.25) is 10.1 Å². The molecule has 0 unspecified atom stereocenters. The Hall–Kier alpha value is -1.75. The molecule has 0 bridgehead atoms. The van der Waals surface area contributed by atoms with Crippen molar-refractivity contribution in [3.05, 3.63) is 0 Å². The van der Waals surface area contributed by atoms with Crippen LogP contribution in [0.15, 0.2) is 0 Å². The van der Waals surface area contributed by atoms with Crippen molar-refractivity contribution in [2.45, 2.75) is 6.04 Å². The maximum Gasteiger partial charge on any atom is 0.332 e. The predicted octanol–water partition coefficient (Wildman–Crippen LogP) is -3.24. The number of hydrogen-bond donors (Lipinski definition) is 7. The Balaban J connectivity index is 0. The van der Waals surface area contributed by atoms with Gasteiger partial charge in [0.15, 0.2) is 0 Å². The number of hydrogen-bond acceptors (Lipinski definition) is 7. The van der Waals surface area contributed by atoms with Crippen LogP contribution in [0.25, 0.3) is 0 Å². The summed E-state index contributed by atoms with van der Waals surface area (Å²) in [6.45, 7) is -0.285.